The van der Waals surface area contributed by atoms with Crippen LogP contribution in [-0.2, 0) is 18.4 Å². The third-order valence-electron chi connectivity index (χ3n) is 3.21. The molecule has 3 heterocycles. The molecule has 0 saturated carbocycles. The van der Waals surface area contributed by atoms with E-state index in [9.17, 15) is 10.2 Å². The molecule has 0 unspecified atom stereocenters. The molecule has 1 fully saturated rings. The molecule has 0 amide bonds. The van der Waals surface area contributed by atoms with Gasteiger partial charge >= 0.3 is 23.5 Å². The molecular weight excluding hydrogens is 619 g/mol. The van der Waals surface area contributed by atoms with Gasteiger partial charge < -0.3 is 69.8 Å². The smallest absolute Gasteiger partial charge is 0.394 e. The zero-order valence-corrected chi connectivity index (χ0v) is 20.9. The molecule has 35 heavy (non-hydrogen) atoms. The van der Waals surface area contributed by atoms with Crippen molar-refractivity contribution in [3.05, 3.63) is 11.1 Å². The van der Waals surface area contributed by atoms with Crippen molar-refractivity contribution in [1.82, 2.24) is 19.5 Å². The zero-order chi connectivity index (χ0) is 27.9. The molecule has 4 atom stereocenters. The van der Waals surface area contributed by atoms with Crippen LogP contribution in [0.15, 0.2) is 11.1 Å². The standard InChI is InChI=1S/C10H12BrN5O4.3H3O4P/c11-10-14-7(12)4-8(15-10)16(2-13-4)9-6(19)5(18)3(1-17)20-9;3*1-5(2,3)4/h2-3,5-6,9,17-19H,1H2,(H2,12,14,15);3*(H3,1,2,3,4)/t3-,5-,6-,9-;;;/m1.../s1. The average molecular weight is 640 g/mol. The zero-order valence-electron chi connectivity index (χ0n) is 16.7. The third kappa shape index (κ3) is 15.0. The maximum Gasteiger partial charge on any atom is 0.466 e. The van der Waals surface area contributed by atoms with Gasteiger partial charge in [0, 0.05) is 0 Å². The highest BCUT2D eigenvalue weighted by molar-refractivity contribution is 9.10. The highest BCUT2D eigenvalue weighted by Crippen LogP contribution is 2.32. The second kappa shape index (κ2) is 13.5. The van der Waals surface area contributed by atoms with Crippen LogP contribution in [0.2, 0.25) is 0 Å². The van der Waals surface area contributed by atoms with E-state index in [1.807, 2.05) is 0 Å². The quantitative estimate of drug-likeness (QED) is 0.110. The SMILES string of the molecule is Nc1nc(Br)nc2c1ncn2[C@@H]1O[C@H](CO)[C@@H](O)[C@H]1O.O=P(O)(O)O.O=P(O)(O)O.O=P(O)(O)O. The van der Waals surface area contributed by atoms with Crippen LogP contribution >= 0.6 is 39.4 Å². The number of nitrogens with two attached hydrogens (primary N) is 1. The van der Waals surface area contributed by atoms with Crippen LogP contribution < -0.4 is 5.73 Å². The Morgan fingerprint density at radius 2 is 1.34 bits per heavy atom. The number of anilines is 1. The second-order valence-corrected chi connectivity index (χ2v) is 9.76. The number of nitrogens with zero attached hydrogens (tertiary/aromatic N) is 4. The lowest BCUT2D eigenvalue weighted by Gasteiger charge is -2.16. The van der Waals surface area contributed by atoms with Gasteiger partial charge in [0.1, 0.15) is 23.8 Å². The monoisotopic (exact) mass is 639 g/mol. The number of phosphoric acid groups is 3. The van der Waals surface area contributed by atoms with E-state index in [4.69, 9.17) is 73.3 Å². The largest absolute Gasteiger partial charge is 0.466 e. The Kier molecular flexibility index (Phi) is 13.1. The van der Waals surface area contributed by atoms with E-state index in [1.54, 1.807) is 0 Å². The minimum atomic E-state index is -4.64. The Bertz CT molecular complexity index is 1030. The first kappa shape index (κ1) is 34.0. The number of fused-ring (bicyclic) bond motifs is 1. The van der Waals surface area contributed by atoms with E-state index in [0.717, 1.165) is 0 Å². The van der Waals surface area contributed by atoms with Crippen LogP contribution in [0.4, 0.5) is 5.82 Å². The van der Waals surface area contributed by atoms with Crippen LogP contribution in [-0.4, -0.2) is 104 Å². The van der Waals surface area contributed by atoms with Crippen molar-refractivity contribution in [3.8, 4) is 0 Å². The molecule has 14 N–H and O–H groups in total. The van der Waals surface area contributed by atoms with Gasteiger partial charge in [0.15, 0.2) is 17.7 Å². The van der Waals surface area contributed by atoms with Crippen LogP contribution in [0, 0.1) is 0 Å². The summed E-state index contributed by atoms with van der Waals surface area (Å²) in [4.78, 5) is 76.8. The van der Waals surface area contributed by atoms with Gasteiger partial charge in [0.05, 0.1) is 12.9 Å². The van der Waals surface area contributed by atoms with Gasteiger partial charge in [-0.05, 0) is 15.9 Å². The van der Waals surface area contributed by atoms with Crippen molar-refractivity contribution in [2.45, 2.75) is 24.5 Å². The number of ether oxygens (including phenoxy) is 1. The van der Waals surface area contributed by atoms with Crippen LogP contribution in [0.1, 0.15) is 6.23 Å². The third-order valence-corrected chi connectivity index (χ3v) is 3.57. The summed E-state index contributed by atoms with van der Waals surface area (Å²) >= 11 is 3.13. The number of hydrogen-bond acceptors (Lipinski definition) is 11. The van der Waals surface area contributed by atoms with Gasteiger partial charge in [-0.2, -0.15) is 0 Å². The molecule has 25 heteroatoms. The number of nitrogen functional groups attached to an aromatic ring is 1. The van der Waals surface area contributed by atoms with Gasteiger partial charge in [-0.15, -0.1) is 0 Å². The summed E-state index contributed by atoms with van der Waals surface area (Å²) in [6.07, 6.45) is -2.78. The Morgan fingerprint density at radius 3 is 1.71 bits per heavy atom. The topological polar surface area (TPSA) is 373 Å². The molecule has 2 aromatic rings. The molecule has 0 bridgehead atoms. The van der Waals surface area contributed by atoms with Crippen molar-refractivity contribution in [2.75, 3.05) is 12.3 Å². The van der Waals surface area contributed by atoms with Crippen LogP contribution in [0.3, 0.4) is 0 Å². The van der Waals surface area contributed by atoms with E-state index in [-0.39, 0.29) is 10.6 Å². The van der Waals surface area contributed by atoms with Crippen LogP contribution in [0.25, 0.3) is 11.2 Å². The first-order valence-corrected chi connectivity index (χ1v) is 13.6. The maximum absolute atomic E-state index is 10.0. The van der Waals surface area contributed by atoms with Crippen molar-refractivity contribution < 1.29 is 77.8 Å². The summed E-state index contributed by atoms with van der Waals surface area (Å²) < 4.78 is 33.8. The van der Waals surface area contributed by atoms with Crippen molar-refractivity contribution in [1.29, 1.82) is 0 Å². The number of aromatic nitrogens is 4. The lowest BCUT2D eigenvalue weighted by Crippen LogP contribution is -2.33. The number of rotatable bonds is 2. The summed E-state index contributed by atoms with van der Waals surface area (Å²) in [7, 11) is -13.9. The van der Waals surface area contributed by atoms with Crippen LogP contribution in [0.5, 0.6) is 0 Å². The summed E-state index contributed by atoms with van der Waals surface area (Å²) in [6, 6.07) is 0. The summed E-state index contributed by atoms with van der Waals surface area (Å²) in [5, 5.41) is 28.9. The van der Waals surface area contributed by atoms with E-state index >= 15 is 0 Å². The predicted molar refractivity (Wildman–Crippen MR) is 113 cm³/mol. The normalized spacial score (nSPS) is 22.3. The lowest BCUT2D eigenvalue weighted by atomic mass is 10.1. The first-order valence-electron chi connectivity index (χ1n) is 8.15. The fraction of sp³-hybridized carbons (Fsp3) is 0.500. The average Bonchev–Trinajstić information content (AvgIpc) is 3.12. The molecule has 3 rings (SSSR count). The van der Waals surface area contributed by atoms with Gasteiger partial charge in [-0.1, -0.05) is 0 Å². The van der Waals surface area contributed by atoms with E-state index in [2.05, 4.69) is 30.9 Å². The summed E-state index contributed by atoms with van der Waals surface area (Å²) in [6.45, 7) is -0.401. The minimum absolute atomic E-state index is 0.187. The van der Waals surface area contributed by atoms with Crippen molar-refractivity contribution in [2.24, 2.45) is 0 Å². The molecule has 0 aliphatic carbocycles. The Balaban J connectivity index is 0.000000635. The van der Waals surface area contributed by atoms with E-state index in [1.165, 1.54) is 10.9 Å². The number of imidazole rings is 1. The first-order chi connectivity index (χ1) is 15.5. The fourth-order valence-corrected chi connectivity index (χ4v) is 2.57. The molecule has 0 radical (unpaired) electrons. The number of halogens is 1. The highest BCUT2D eigenvalue weighted by Gasteiger charge is 2.44. The van der Waals surface area contributed by atoms with E-state index in [0.29, 0.717) is 11.2 Å². The minimum Gasteiger partial charge on any atom is -0.394 e. The van der Waals surface area contributed by atoms with Gasteiger partial charge in [0.2, 0.25) is 4.73 Å². The molecule has 2 aromatic heterocycles. The van der Waals surface area contributed by atoms with Gasteiger partial charge in [-0.3, -0.25) is 4.57 Å². The van der Waals surface area contributed by atoms with Gasteiger partial charge in [-0.25, -0.2) is 28.6 Å². The molecule has 1 saturated heterocycles. The molecule has 0 spiro atoms. The Labute approximate surface area is 202 Å². The van der Waals surface area contributed by atoms with Gasteiger partial charge in [0.25, 0.3) is 0 Å². The molecular formula is C10H21BrN5O16P3. The summed E-state index contributed by atoms with van der Waals surface area (Å²) in [5.41, 5.74) is 6.46. The molecule has 0 aromatic carbocycles. The summed E-state index contributed by atoms with van der Waals surface area (Å²) in [5.74, 6) is 0.187. The van der Waals surface area contributed by atoms with Crippen molar-refractivity contribution in [3.63, 3.8) is 0 Å². The molecule has 1 aliphatic heterocycles. The fourth-order valence-electron chi connectivity index (χ4n) is 2.21. The maximum atomic E-state index is 10.0. The number of hydrogen-bond donors (Lipinski definition) is 13. The Morgan fingerprint density at radius 1 is 0.914 bits per heavy atom. The Hall–Kier alpha value is -1.00. The lowest BCUT2D eigenvalue weighted by molar-refractivity contribution is -0.0511. The predicted octanol–water partition coefficient (Wildman–Crippen LogP) is -4.00. The molecule has 1 aliphatic rings. The number of aliphatic hydroxyl groups is 3. The highest BCUT2D eigenvalue weighted by atomic mass is 79.9. The van der Waals surface area contributed by atoms with Crippen molar-refractivity contribution >= 4 is 56.4 Å². The number of aliphatic hydroxyl groups excluding tert-OH is 3. The molecule has 21 nitrogen and oxygen atoms in total. The second-order valence-electron chi connectivity index (χ2n) is 5.97. The molecule has 204 valence electrons. The van der Waals surface area contributed by atoms with E-state index < -0.39 is 54.6 Å².